The smallest absolute Gasteiger partial charge is 0.181 e. The summed E-state index contributed by atoms with van der Waals surface area (Å²) in [6.45, 7) is 1.45. The molecule has 2 rings (SSSR count). The van der Waals surface area contributed by atoms with Crippen LogP contribution in [0.1, 0.15) is 17.4 Å². The van der Waals surface area contributed by atoms with Gasteiger partial charge in [-0.15, -0.1) is 0 Å². The summed E-state index contributed by atoms with van der Waals surface area (Å²) in [5.74, 6) is -0.118. The van der Waals surface area contributed by atoms with Crippen LogP contribution in [0.2, 0.25) is 5.15 Å². The van der Waals surface area contributed by atoms with Crippen LogP contribution < -0.4 is 0 Å². The van der Waals surface area contributed by atoms with Crippen molar-refractivity contribution in [1.29, 1.82) is 0 Å². The van der Waals surface area contributed by atoms with Gasteiger partial charge in [0.15, 0.2) is 11.4 Å². The molecule has 5 heteroatoms. The van der Waals surface area contributed by atoms with Gasteiger partial charge in [-0.1, -0.05) is 11.6 Å². The maximum Gasteiger partial charge on any atom is 0.181 e. The maximum atomic E-state index is 11.1. The zero-order valence-electron chi connectivity index (χ0n) is 6.86. The van der Waals surface area contributed by atoms with Crippen molar-refractivity contribution in [2.75, 3.05) is 0 Å². The number of carbonyl (C=O) groups is 1. The molecule has 4 nitrogen and oxygen atoms in total. The van der Waals surface area contributed by atoms with Crippen LogP contribution in [0.4, 0.5) is 0 Å². The molecule has 0 amide bonds. The Morgan fingerprint density at radius 1 is 1.54 bits per heavy atom. The number of hydrogen-bond donors (Lipinski definition) is 0. The number of hydrogen-bond acceptors (Lipinski definition) is 3. The number of fused-ring (bicyclic) bond motifs is 1. The fourth-order valence-corrected chi connectivity index (χ4v) is 1.32. The van der Waals surface area contributed by atoms with E-state index in [9.17, 15) is 4.79 Å². The number of carbonyl (C=O) groups excluding carboxylic acids is 1. The molecule has 0 bridgehead atoms. The van der Waals surface area contributed by atoms with Gasteiger partial charge in [0.25, 0.3) is 0 Å². The van der Waals surface area contributed by atoms with Gasteiger partial charge in [-0.05, 0) is 0 Å². The summed E-state index contributed by atoms with van der Waals surface area (Å²) in [6, 6.07) is 0. The molecule has 0 aliphatic rings. The maximum absolute atomic E-state index is 11.1. The largest absolute Gasteiger partial charge is 0.293 e. The molecule has 0 spiro atoms. The van der Waals surface area contributed by atoms with Crippen molar-refractivity contribution in [2.45, 2.75) is 6.92 Å². The Labute approximate surface area is 79.2 Å². The SMILES string of the molecule is CC(=O)c1nccn2c(Cl)cnc12. The van der Waals surface area contributed by atoms with Gasteiger partial charge in [0.2, 0.25) is 0 Å². The van der Waals surface area contributed by atoms with E-state index in [2.05, 4.69) is 9.97 Å². The van der Waals surface area contributed by atoms with E-state index in [1.54, 1.807) is 10.6 Å². The number of aromatic nitrogens is 3. The van der Waals surface area contributed by atoms with Gasteiger partial charge in [-0.25, -0.2) is 9.97 Å². The highest BCUT2D eigenvalue weighted by Gasteiger charge is 2.10. The third kappa shape index (κ3) is 1.19. The van der Waals surface area contributed by atoms with Gasteiger partial charge >= 0.3 is 0 Å². The van der Waals surface area contributed by atoms with Crippen LogP contribution in [0.15, 0.2) is 18.6 Å². The lowest BCUT2D eigenvalue weighted by atomic mass is 10.3. The predicted molar refractivity (Wildman–Crippen MR) is 48.0 cm³/mol. The van der Waals surface area contributed by atoms with E-state index < -0.39 is 0 Å². The topological polar surface area (TPSA) is 47.3 Å². The molecule has 0 N–H and O–H groups in total. The third-order valence-electron chi connectivity index (χ3n) is 1.72. The minimum absolute atomic E-state index is 0.118. The molecule has 2 aromatic heterocycles. The standard InChI is InChI=1S/C8H6ClN3O/c1-5(13)7-8-11-4-6(9)12(8)3-2-10-7/h2-4H,1H3. The molecule has 2 heterocycles. The fourth-order valence-electron chi connectivity index (χ4n) is 1.14. The van der Waals surface area contributed by atoms with Crippen molar-refractivity contribution < 1.29 is 4.79 Å². The highest BCUT2D eigenvalue weighted by atomic mass is 35.5. The fraction of sp³-hybridized carbons (Fsp3) is 0.125. The highest BCUT2D eigenvalue weighted by molar-refractivity contribution is 6.29. The zero-order valence-corrected chi connectivity index (χ0v) is 7.62. The van der Waals surface area contributed by atoms with Crippen molar-refractivity contribution in [1.82, 2.24) is 14.4 Å². The van der Waals surface area contributed by atoms with E-state index in [-0.39, 0.29) is 5.78 Å². The molecule has 0 aliphatic heterocycles. The molecule has 0 unspecified atom stereocenters. The Morgan fingerprint density at radius 2 is 2.31 bits per heavy atom. The normalized spacial score (nSPS) is 10.6. The first-order valence-electron chi connectivity index (χ1n) is 3.68. The average Bonchev–Trinajstić information content (AvgIpc) is 2.48. The van der Waals surface area contributed by atoms with E-state index in [4.69, 9.17) is 11.6 Å². The van der Waals surface area contributed by atoms with Gasteiger partial charge in [0, 0.05) is 19.3 Å². The van der Waals surface area contributed by atoms with E-state index in [0.717, 1.165) is 0 Å². The number of halogens is 1. The monoisotopic (exact) mass is 195 g/mol. The zero-order chi connectivity index (χ0) is 9.42. The molecule has 0 saturated carbocycles. The second-order valence-electron chi connectivity index (χ2n) is 2.61. The summed E-state index contributed by atoms with van der Waals surface area (Å²) >= 11 is 5.81. The van der Waals surface area contributed by atoms with Crippen LogP contribution in [0, 0.1) is 0 Å². The van der Waals surface area contributed by atoms with E-state index in [1.807, 2.05) is 0 Å². The molecule has 13 heavy (non-hydrogen) atoms. The molecular formula is C8H6ClN3O. The molecule has 0 aliphatic carbocycles. The van der Waals surface area contributed by atoms with Crippen molar-refractivity contribution in [3.63, 3.8) is 0 Å². The Hall–Kier alpha value is -1.42. The van der Waals surface area contributed by atoms with Crippen LogP contribution >= 0.6 is 11.6 Å². The minimum atomic E-state index is -0.118. The first kappa shape index (κ1) is 8.19. The summed E-state index contributed by atoms with van der Waals surface area (Å²) in [6.07, 6.45) is 4.68. The summed E-state index contributed by atoms with van der Waals surface area (Å²) < 4.78 is 1.62. The summed E-state index contributed by atoms with van der Waals surface area (Å²) in [4.78, 5) is 19.0. The lowest BCUT2D eigenvalue weighted by molar-refractivity contribution is 0.101. The van der Waals surface area contributed by atoms with Gasteiger partial charge in [0.1, 0.15) is 10.8 Å². The third-order valence-corrected chi connectivity index (χ3v) is 2.00. The molecular weight excluding hydrogens is 190 g/mol. The minimum Gasteiger partial charge on any atom is -0.293 e. The van der Waals surface area contributed by atoms with Crippen LogP contribution in [-0.4, -0.2) is 20.2 Å². The van der Waals surface area contributed by atoms with Crippen molar-refractivity contribution in [2.24, 2.45) is 0 Å². The van der Waals surface area contributed by atoms with Crippen LogP contribution in [0.3, 0.4) is 0 Å². The van der Waals surface area contributed by atoms with Crippen LogP contribution in [0.25, 0.3) is 5.65 Å². The second-order valence-corrected chi connectivity index (χ2v) is 2.99. The van der Waals surface area contributed by atoms with Gasteiger partial charge in [-0.3, -0.25) is 9.20 Å². The van der Waals surface area contributed by atoms with E-state index in [1.165, 1.54) is 19.3 Å². The number of Topliss-reactive ketones (excluding diaryl/α,β-unsaturated/α-hetero) is 1. The second kappa shape index (κ2) is 2.81. The van der Waals surface area contributed by atoms with Gasteiger partial charge < -0.3 is 0 Å². The summed E-state index contributed by atoms with van der Waals surface area (Å²) in [5.41, 5.74) is 0.842. The first-order valence-corrected chi connectivity index (χ1v) is 4.06. The van der Waals surface area contributed by atoms with Crippen molar-refractivity contribution >= 4 is 23.0 Å². The van der Waals surface area contributed by atoms with E-state index >= 15 is 0 Å². The Balaban J connectivity index is 2.84. The predicted octanol–water partition coefficient (Wildman–Crippen LogP) is 1.59. The molecule has 0 radical (unpaired) electrons. The summed E-state index contributed by atoms with van der Waals surface area (Å²) in [7, 11) is 0. The molecule has 0 fully saturated rings. The molecule has 0 aromatic carbocycles. The molecule has 66 valence electrons. The Kier molecular flexibility index (Phi) is 1.77. The van der Waals surface area contributed by atoms with Gasteiger partial charge in [0.05, 0.1) is 6.20 Å². The van der Waals surface area contributed by atoms with Crippen LogP contribution in [0.5, 0.6) is 0 Å². The van der Waals surface area contributed by atoms with Crippen LogP contribution in [-0.2, 0) is 0 Å². The van der Waals surface area contributed by atoms with E-state index in [0.29, 0.717) is 16.5 Å². The van der Waals surface area contributed by atoms with Gasteiger partial charge in [-0.2, -0.15) is 0 Å². The Morgan fingerprint density at radius 3 is 3.00 bits per heavy atom. The number of ketones is 1. The molecule has 0 atom stereocenters. The number of imidazole rings is 1. The summed E-state index contributed by atoms with van der Waals surface area (Å²) in [5, 5.41) is 0.472. The Bertz CT molecular complexity index is 477. The van der Waals surface area contributed by atoms with Crippen molar-refractivity contribution in [3.8, 4) is 0 Å². The lowest BCUT2D eigenvalue weighted by Gasteiger charge is -1.97. The highest BCUT2D eigenvalue weighted by Crippen LogP contribution is 2.13. The lowest BCUT2D eigenvalue weighted by Crippen LogP contribution is -2.00. The average molecular weight is 196 g/mol. The molecule has 0 saturated heterocycles. The quantitative estimate of drug-likeness (QED) is 0.650. The number of nitrogens with zero attached hydrogens (tertiary/aromatic N) is 3. The molecule has 2 aromatic rings. The van der Waals surface area contributed by atoms with Crippen molar-refractivity contribution in [3.05, 3.63) is 29.4 Å². The number of rotatable bonds is 1. The first-order chi connectivity index (χ1) is 6.20.